The van der Waals surface area contributed by atoms with Crippen LogP contribution in [0.5, 0.6) is 0 Å². The number of aliphatic hydroxyl groups excluding tert-OH is 1. The lowest BCUT2D eigenvalue weighted by molar-refractivity contribution is -0.148. The van der Waals surface area contributed by atoms with Gasteiger partial charge in [-0.15, -0.1) is 0 Å². The van der Waals surface area contributed by atoms with Gasteiger partial charge in [-0.3, -0.25) is 4.79 Å². The number of ether oxygens (including phenoxy) is 2. The van der Waals surface area contributed by atoms with Gasteiger partial charge in [-0.25, -0.2) is 9.59 Å². The van der Waals surface area contributed by atoms with Crippen molar-refractivity contribution < 1.29 is 29.0 Å². The molecule has 0 unspecified atom stereocenters. The summed E-state index contributed by atoms with van der Waals surface area (Å²) in [5.74, 6) is -1.04. The van der Waals surface area contributed by atoms with Crippen molar-refractivity contribution >= 4 is 18.0 Å². The van der Waals surface area contributed by atoms with E-state index >= 15 is 0 Å². The Balaban J connectivity index is 2.52. The van der Waals surface area contributed by atoms with Crippen molar-refractivity contribution in [1.82, 2.24) is 10.6 Å². The van der Waals surface area contributed by atoms with Crippen molar-refractivity contribution in [3.05, 3.63) is 0 Å². The van der Waals surface area contributed by atoms with Gasteiger partial charge in [-0.1, -0.05) is 6.42 Å². The highest BCUT2D eigenvalue weighted by atomic mass is 16.6. The molecule has 1 rings (SSSR count). The molecule has 0 aliphatic heterocycles. The van der Waals surface area contributed by atoms with Crippen LogP contribution >= 0.6 is 0 Å². The van der Waals surface area contributed by atoms with Gasteiger partial charge < -0.3 is 25.2 Å². The summed E-state index contributed by atoms with van der Waals surface area (Å²) in [6.07, 6.45) is 2.15. The van der Waals surface area contributed by atoms with Crippen LogP contribution in [0.15, 0.2) is 0 Å². The highest BCUT2D eigenvalue weighted by Crippen LogP contribution is 2.28. The number of hydrogen-bond donors (Lipinski definition) is 3. The number of alkyl carbamates (subject to hydrolysis) is 1. The summed E-state index contributed by atoms with van der Waals surface area (Å²) < 4.78 is 10.0. The lowest BCUT2D eigenvalue weighted by Crippen LogP contribution is -2.46. The second-order valence-corrected chi connectivity index (χ2v) is 7.20. The number of carbonyl (C=O) groups excluding carboxylic acids is 3. The topological polar surface area (TPSA) is 114 Å². The summed E-state index contributed by atoms with van der Waals surface area (Å²) in [4.78, 5) is 35.7. The monoisotopic (exact) mass is 358 g/mol. The molecule has 0 aromatic rings. The summed E-state index contributed by atoms with van der Waals surface area (Å²) in [7, 11) is 0. The minimum Gasteiger partial charge on any atom is -0.464 e. The molecule has 0 bridgehead atoms. The van der Waals surface area contributed by atoms with Gasteiger partial charge in [-0.05, 0) is 46.5 Å². The van der Waals surface area contributed by atoms with Crippen molar-refractivity contribution in [2.75, 3.05) is 13.2 Å². The lowest BCUT2D eigenvalue weighted by atomic mass is 9.99. The maximum Gasteiger partial charge on any atom is 0.407 e. The standard InChI is InChI=1S/C17H30N2O6/c1-5-24-15(22)13(10-20)18-14(21)9-11-7-6-8-12(11)19-16(23)25-17(2,3)4/h11-13,20H,5-10H2,1-4H3,(H,18,21)(H,19,23)/t11-,12+,13+/m0/s1. The third-order valence-corrected chi connectivity index (χ3v) is 3.90. The molecule has 8 heteroatoms. The van der Waals surface area contributed by atoms with Crippen molar-refractivity contribution in [2.45, 2.75) is 71.1 Å². The van der Waals surface area contributed by atoms with E-state index in [1.54, 1.807) is 27.7 Å². The molecular formula is C17H30N2O6. The van der Waals surface area contributed by atoms with Crippen LogP contribution < -0.4 is 10.6 Å². The van der Waals surface area contributed by atoms with E-state index in [0.29, 0.717) is 0 Å². The van der Waals surface area contributed by atoms with Crippen LogP contribution in [0, 0.1) is 5.92 Å². The molecule has 0 heterocycles. The average molecular weight is 358 g/mol. The summed E-state index contributed by atoms with van der Waals surface area (Å²) in [6, 6.07) is -1.21. The molecule has 144 valence electrons. The quantitative estimate of drug-likeness (QED) is 0.588. The first kappa shape index (κ1) is 21.2. The number of aliphatic hydroxyl groups is 1. The predicted molar refractivity (Wildman–Crippen MR) is 90.8 cm³/mol. The molecule has 1 fully saturated rings. The Kier molecular flexibility index (Phi) is 8.15. The minimum absolute atomic E-state index is 0.0333. The maximum absolute atomic E-state index is 12.2. The molecule has 1 aliphatic rings. The molecule has 0 spiro atoms. The van der Waals surface area contributed by atoms with E-state index in [9.17, 15) is 19.5 Å². The Morgan fingerprint density at radius 3 is 2.48 bits per heavy atom. The van der Waals surface area contributed by atoms with Crippen molar-refractivity contribution in [1.29, 1.82) is 0 Å². The number of nitrogens with one attached hydrogen (secondary N) is 2. The van der Waals surface area contributed by atoms with Gasteiger partial charge in [0.25, 0.3) is 0 Å². The molecule has 3 atom stereocenters. The van der Waals surface area contributed by atoms with E-state index in [4.69, 9.17) is 9.47 Å². The number of esters is 1. The molecule has 3 N–H and O–H groups in total. The first-order valence-electron chi connectivity index (χ1n) is 8.72. The molecule has 0 aromatic heterocycles. The highest BCUT2D eigenvalue weighted by Gasteiger charge is 2.32. The normalized spacial score (nSPS) is 21.3. The number of amides is 2. The Morgan fingerprint density at radius 1 is 1.24 bits per heavy atom. The number of carbonyl (C=O) groups is 3. The van der Waals surface area contributed by atoms with E-state index in [2.05, 4.69) is 10.6 Å². The molecular weight excluding hydrogens is 328 g/mol. The van der Waals surface area contributed by atoms with Crippen LogP contribution in [0.2, 0.25) is 0 Å². The van der Waals surface area contributed by atoms with E-state index in [1.165, 1.54) is 0 Å². The second-order valence-electron chi connectivity index (χ2n) is 7.20. The molecule has 1 aliphatic carbocycles. The molecule has 0 radical (unpaired) electrons. The first-order chi connectivity index (χ1) is 11.7. The van der Waals surface area contributed by atoms with Crippen LogP contribution in [-0.2, 0) is 19.1 Å². The molecule has 0 aromatic carbocycles. The van der Waals surface area contributed by atoms with E-state index in [-0.39, 0.29) is 30.9 Å². The SMILES string of the molecule is CCOC(=O)[C@@H](CO)NC(=O)C[C@@H]1CCC[C@H]1NC(=O)OC(C)(C)C. The fourth-order valence-corrected chi connectivity index (χ4v) is 2.84. The van der Waals surface area contributed by atoms with Crippen LogP contribution in [0.3, 0.4) is 0 Å². The van der Waals surface area contributed by atoms with Crippen molar-refractivity contribution in [3.63, 3.8) is 0 Å². The minimum atomic E-state index is -1.06. The van der Waals surface area contributed by atoms with Crippen molar-refractivity contribution in [3.8, 4) is 0 Å². The molecule has 1 saturated carbocycles. The average Bonchev–Trinajstić information content (AvgIpc) is 2.89. The van der Waals surface area contributed by atoms with Crippen LogP contribution in [0.1, 0.15) is 53.4 Å². The van der Waals surface area contributed by atoms with E-state index in [1.807, 2.05) is 0 Å². The van der Waals surface area contributed by atoms with Crippen LogP contribution in [-0.4, -0.2) is 54.0 Å². The third-order valence-electron chi connectivity index (χ3n) is 3.90. The first-order valence-corrected chi connectivity index (χ1v) is 8.72. The zero-order valence-corrected chi connectivity index (χ0v) is 15.5. The number of hydrogen-bond acceptors (Lipinski definition) is 6. The third kappa shape index (κ3) is 7.72. The van der Waals surface area contributed by atoms with Gasteiger partial charge in [-0.2, -0.15) is 0 Å². The van der Waals surface area contributed by atoms with Crippen LogP contribution in [0.4, 0.5) is 4.79 Å². The summed E-state index contributed by atoms with van der Waals surface area (Å²) >= 11 is 0. The lowest BCUT2D eigenvalue weighted by Gasteiger charge is -2.25. The molecule has 2 amide bonds. The van der Waals surface area contributed by atoms with E-state index in [0.717, 1.165) is 19.3 Å². The van der Waals surface area contributed by atoms with Gasteiger partial charge in [0.2, 0.25) is 5.91 Å². The smallest absolute Gasteiger partial charge is 0.407 e. The summed E-state index contributed by atoms with van der Waals surface area (Å²) in [6.45, 7) is 6.67. The summed E-state index contributed by atoms with van der Waals surface area (Å²) in [5.41, 5.74) is -0.580. The maximum atomic E-state index is 12.2. The fraction of sp³-hybridized carbons (Fsp3) is 0.824. The highest BCUT2D eigenvalue weighted by molar-refractivity contribution is 5.84. The Labute approximate surface area is 148 Å². The second kappa shape index (κ2) is 9.60. The van der Waals surface area contributed by atoms with Gasteiger partial charge in [0.1, 0.15) is 5.60 Å². The molecule has 25 heavy (non-hydrogen) atoms. The van der Waals surface area contributed by atoms with Gasteiger partial charge in [0.05, 0.1) is 13.2 Å². The summed E-state index contributed by atoms with van der Waals surface area (Å²) in [5, 5.41) is 14.5. The van der Waals surface area contributed by atoms with Gasteiger partial charge in [0.15, 0.2) is 6.04 Å². The largest absolute Gasteiger partial charge is 0.464 e. The zero-order chi connectivity index (χ0) is 19.0. The Bertz CT molecular complexity index is 474. The van der Waals surface area contributed by atoms with E-state index < -0.39 is 30.3 Å². The number of rotatable bonds is 7. The Hall–Kier alpha value is -1.83. The van der Waals surface area contributed by atoms with Crippen molar-refractivity contribution in [2.24, 2.45) is 5.92 Å². The fourth-order valence-electron chi connectivity index (χ4n) is 2.84. The molecule has 8 nitrogen and oxygen atoms in total. The van der Waals surface area contributed by atoms with Crippen LogP contribution in [0.25, 0.3) is 0 Å². The van der Waals surface area contributed by atoms with Gasteiger partial charge in [0, 0.05) is 12.5 Å². The predicted octanol–water partition coefficient (Wildman–Crippen LogP) is 1.11. The zero-order valence-electron chi connectivity index (χ0n) is 15.5. The van der Waals surface area contributed by atoms with Gasteiger partial charge >= 0.3 is 12.1 Å². The molecule has 0 saturated heterocycles. The Morgan fingerprint density at radius 2 is 1.92 bits per heavy atom.